The van der Waals surface area contributed by atoms with E-state index >= 15 is 0 Å². The fraction of sp³-hybridized carbons (Fsp3) is 0.667. The van der Waals surface area contributed by atoms with Crippen molar-refractivity contribution < 1.29 is 19.7 Å². The van der Waals surface area contributed by atoms with E-state index in [1.54, 1.807) is 0 Å². The number of aliphatic hydroxyl groups is 1. The maximum absolute atomic E-state index is 13.2. The molecule has 5 rings (SSSR count). The molecule has 0 bridgehead atoms. The van der Waals surface area contributed by atoms with E-state index in [4.69, 9.17) is 4.74 Å². The fourth-order valence-electron chi connectivity index (χ4n) is 11.1. The van der Waals surface area contributed by atoms with Crippen LogP contribution < -0.4 is 0 Å². The molecule has 4 fully saturated rings. The summed E-state index contributed by atoms with van der Waals surface area (Å²) < 4.78 is 7.50. The standard InChI is InChI=1S/C39H55BrO4/c1-22(2)28(26-10-12-27(40)13-11-26)14-15-29(36(42)43)34-31-20-32(41)35-37(7)18-16-24(5)25(6)30(37)17-19-38(35,8)39(31,9)21-33(34)44-23(3)4/h10-13,24-25,30-33,35,41H,3,14-21H2,1-2,4-9H3,(H,42,43)/b34-29+/t24-,25+,30+,31+,32-,33?,35+,37+,38+,39+/m1/s1. The van der Waals surface area contributed by atoms with Gasteiger partial charge in [0.25, 0.3) is 0 Å². The maximum Gasteiger partial charge on any atom is 0.331 e. The molecule has 0 radical (unpaired) electrons. The Morgan fingerprint density at radius 3 is 2.27 bits per heavy atom. The van der Waals surface area contributed by atoms with E-state index in [9.17, 15) is 15.0 Å². The number of hydrogen-bond acceptors (Lipinski definition) is 3. The lowest BCUT2D eigenvalue weighted by molar-refractivity contribution is -0.229. The van der Waals surface area contributed by atoms with E-state index in [1.807, 2.05) is 19.1 Å². The minimum Gasteiger partial charge on any atom is -0.491 e. The number of carbonyl (C=O) groups is 1. The molecule has 1 aromatic carbocycles. The SMILES string of the molecule is C=C(C)OC1C[C@@]2(C)[C@@H](C[C@@H](O)[C@H]3[C@@]4(C)CC[C@@H](C)[C@H](C)[C@@H]4CC[C@@]32C)/C1=C(/CCC(=C(C)C)c1ccc(Br)cc1)C(=O)O. The van der Waals surface area contributed by atoms with E-state index in [-0.39, 0.29) is 34.2 Å². The van der Waals surface area contributed by atoms with Crippen molar-refractivity contribution >= 4 is 27.5 Å². The van der Waals surface area contributed by atoms with Gasteiger partial charge in [-0.15, -0.1) is 0 Å². The fourth-order valence-corrected chi connectivity index (χ4v) is 11.4. The van der Waals surface area contributed by atoms with Crippen molar-refractivity contribution in [1.29, 1.82) is 0 Å². The van der Waals surface area contributed by atoms with Crippen LogP contribution in [0.1, 0.15) is 112 Å². The van der Waals surface area contributed by atoms with E-state index in [1.165, 1.54) is 24.0 Å². The number of aliphatic carboxylic acids is 1. The molecule has 4 aliphatic carbocycles. The van der Waals surface area contributed by atoms with Crippen LogP contribution in [0.4, 0.5) is 0 Å². The Hall–Kier alpha value is -1.85. The van der Waals surface area contributed by atoms with Crippen molar-refractivity contribution in [1.82, 2.24) is 0 Å². The molecular weight excluding hydrogens is 612 g/mol. The molecule has 0 heterocycles. The highest BCUT2D eigenvalue weighted by molar-refractivity contribution is 9.10. The van der Waals surface area contributed by atoms with Gasteiger partial charge >= 0.3 is 5.97 Å². The summed E-state index contributed by atoms with van der Waals surface area (Å²) in [5.41, 5.74) is 4.65. The number of carboxylic acid groups (broad SMARTS) is 1. The van der Waals surface area contributed by atoms with Crippen LogP contribution in [0.25, 0.3) is 5.57 Å². The Morgan fingerprint density at radius 1 is 1.02 bits per heavy atom. The van der Waals surface area contributed by atoms with Crippen LogP contribution in [-0.2, 0) is 9.53 Å². The average molecular weight is 668 g/mol. The third kappa shape index (κ3) is 5.36. The summed E-state index contributed by atoms with van der Waals surface area (Å²) >= 11 is 3.54. The second kappa shape index (κ2) is 12.1. The molecule has 0 spiro atoms. The lowest BCUT2D eigenvalue weighted by Crippen LogP contribution is -2.65. The van der Waals surface area contributed by atoms with E-state index in [2.05, 4.69) is 83.1 Å². The van der Waals surface area contributed by atoms with Crippen LogP contribution in [0.5, 0.6) is 0 Å². The Balaban J connectivity index is 1.57. The average Bonchev–Trinajstić information content (AvgIpc) is 3.20. The summed E-state index contributed by atoms with van der Waals surface area (Å²) in [5, 5.41) is 23.0. The van der Waals surface area contributed by atoms with Crippen molar-refractivity contribution in [2.45, 2.75) is 119 Å². The predicted molar refractivity (Wildman–Crippen MR) is 183 cm³/mol. The number of hydrogen-bond donors (Lipinski definition) is 2. The first-order valence-electron chi connectivity index (χ1n) is 16.9. The quantitative estimate of drug-likeness (QED) is 0.224. The van der Waals surface area contributed by atoms with Gasteiger partial charge in [-0.2, -0.15) is 0 Å². The largest absolute Gasteiger partial charge is 0.491 e. The van der Waals surface area contributed by atoms with Gasteiger partial charge in [0.1, 0.15) is 6.10 Å². The first kappa shape index (κ1) is 33.5. The Bertz CT molecular complexity index is 1350. The van der Waals surface area contributed by atoms with Gasteiger partial charge < -0.3 is 14.9 Å². The van der Waals surface area contributed by atoms with Gasteiger partial charge in [0.15, 0.2) is 0 Å². The second-order valence-electron chi connectivity index (χ2n) is 15.9. The topological polar surface area (TPSA) is 66.8 Å². The number of aliphatic hydroxyl groups excluding tert-OH is 1. The zero-order valence-electron chi connectivity index (χ0n) is 28.3. The minimum absolute atomic E-state index is 0.0443. The van der Waals surface area contributed by atoms with Crippen LogP contribution in [0, 0.1) is 45.8 Å². The number of ether oxygens (including phenoxy) is 1. The smallest absolute Gasteiger partial charge is 0.331 e. The van der Waals surface area contributed by atoms with E-state index in [0.717, 1.165) is 40.8 Å². The van der Waals surface area contributed by atoms with Crippen LogP contribution in [-0.4, -0.2) is 28.4 Å². The molecule has 242 valence electrons. The molecule has 4 saturated carbocycles. The third-order valence-electron chi connectivity index (χ3n) is 13.5. The highest BCUT2D eigenvalue weighted by Gasteiger charge is 2.70. The van der Waals surface area contributed by atoms with Gasteiger partial charge in [0, 0.05) is 10.0 Å². The molecule has 2 N–H and O–H groups in total. The van der Waals surface area contributed by atoms with Crippen LogP contribution in [0.15, 0.2) is 57.8 Å². The lowest BCUT2D eigenvalue weighted by atomic mass is 9.36. The predicted octanol–water partition coefficient (Wildman–Crippen LogP) is 10.2. The van der Waals surface area contributed by atoms with Crippen molar-refractivity contribution in [3.05, 3.63) is 63.4 Å². The van der Waals surface area contributed by atoms with Gasteiger partial charge in [-0.3, -0.25) is 0 Å². The first-order valence-corrected chi connectivity index (χ1v) is 17.7. The number of carboxylic acids is 1. The van der Waals surface area contributed by atoms with Gasteiger partial charge in [0.2, 0.25) is 0 Å². The van der Waals surface area contributed by atoms with Crippen molar-refractivity contribution in [3.63, 3.8) is 0 Å². The Kier molecular flexibility index (Phi) is 9.19. The van der Waals surface area contributed by atoms with E-state index < -0.39 is 12.1 Å². The van der Waals surface area contributed by atoms with Gasteiger partial charge in [-0.1, -0.05) is 74.8 Å². The molecule has 4 nitrogen and oxygen atoms in total. The minimum atomic E-state index is -0.865. The molecule has 44 heavy (non-hydrogen) atoms. The molecule has 10 atom stereocenters. The molecule has 4 aliphatic rings. The number of allylic oxidation sites excluding steroid dienone is 3. The first-order chi connectivity index (χ1) is 20.5. The number of halogens is 1. The highest BCUT2D eigenvalue weighted by atomic mass is 79.9. The van der Waals surface area contributed by atoms with Gasteiger partial charge in [0.05, 0.1) is 11.9 Å². The molecule has 0 saturated heterocycles. The maximum atomic E-state index is 13.2. The van der Waals surface area contributed by atoms with Crippen molar-refractivity contribution in [2.24, 2.45) is 45.8 Å². The van der Waals surface area contributed by atoms with Gasteiger partial charge in [-0.25, -0.2) is 4.79 Å². The molecule has 1 unspecified atom stereocenters. The zero-order chi connectivity index (χ0) is 32.4. The van der Waals surface area contributed by atoms with Crippen LogP contribution in [0.3, 0.4) is 0 Å². The van der Waals surface area contributed by atoms with E-state index in [0.29, 0.717) is 42.4 Å². The molecule has 0 amide bonds. The zero-order valence-corrected chi connectivity index (χ0v) is 29.9. The Morgan fingerprint density at radius 2 is 1.68 bits per heavy atom. The summed E-state index contributed by atoms with van der Waals surface area (Å²) in [6.07, 6.45) is 6.26. The molecule has 0 aromatic heterocycles. The number of rotatable bonds is 7. The summed E-state index contributed by atoms with van der Waals surface area (Å²) in [6, 6.07) is 8.28. The summed E-state index contributed by atoms with van der Waals surface area (Å²) in [5.74, 6) is 1.90. The highest BCUT2D eigenvalue weighted by Crippen LogP contribution is 2.74. The molecular formula is C39H55BrO4. The summed E-state index contributed by atoms with van der Waals surface area (Å²) in [4.78, 5) is 13.2. The van der Waals surface area contributed by atoms with Crippen molar-refractivity contribution in [2.75, 3.05) is 0 Å². The summed E-state index contributed by atoms with van der Waals surface area (Å²) in [7, 11) is 0. The van der Waals surface area contributed by atoms with Crippen LogP contribution in [0.2, 0.25) is 0 Å². The lowest BCUT2D eigenvalue weighted by Gasteiger charge is -2.69. The summed E-state index contributed by atoms with van der Waals surface area (Å²) in [6.45, 7) is 22.3. The van der Waals surface area contributed by atoms with Crippen molar-refractivity contribution in [3.8, 4) is 0 Å². The molecule has 0 aliphatic heterocycles. The number of fused-ring (bicyclic) bond motifs is 5. The monoisotopic (exact) mass is 666 g/mol. The van der Waals surface area contributed by atoms with Crippen LogP contribution >= 0.6 is 15.9 Å². The molecule has 5 heteroatoms. The Labute approximate surface area is 274 Å². The normalized spacial score (nSPS) is 40.7. The molecule has 1 aromatic rings. The second-order valence-corrected chi connectivity index (χ2v) is 16.8. The van der Waals surface area contributed by atoms with Gasteiger partial charge in [-0.05, 0) is 147 Å². The third-order valence-corrected chi connectivity index (χ3v) is 14.1. The number of benzene rings is 1.